The largest absolute Gasteiger partial charge is 0.377 e. The fraction of sp³-hybridized carbons (Fsp3) is 0.583. The van der Waals surface area contributed by atoms with Crippen LogP contribution in [-0.4, -0.2) is 41.6 Å². The van der Waals surface area contributed by atoms with E-state index in [0.717, 1.165) is 0 Å². The second-order valence-electron chi connectivity index (χ2n) is 4.93. The fourth-order valence-corrected chi connectivity index (χ4v) is 2.34. The van der Waals surface area contributed by atoms with E-state index in [9.17, 15) is 4.79 Å². The van der Waals surface area contributed by atoms with E-state index in [2.05, 4.69) is 14.9 Å². The van der Waals surface area contributed by atoms with Crippen molar-refractivity contribution < 1.29 is 9.53 Å². The summed E-state index contributed by atoms with van der Waals surface area (Å²) in [5.74, 6) is 1.15. The van der Waals surface area contributed by atoms with Crippen molar-refractivity contribution >= 4 is 23.7 Å². The topological polar surface area (TPSA) is 55.3 Å². The molecule has 1 aromatic rings. The van der Waals surface area contributed by atoms with Gasteiger partial charge in [-0.25, -0.2) is 9.97 Å². The molecule has 0 spiro atoms. The average molecular weight is 270 g/mol. The molecule has 98 valence electrons. The predicted octanol–water partition coefficient (Wildman–Crippen LogP) is 1.87. The number of rotatable bonds is 2. The third-order valence-electron chi connectivity index (χ3n) is 3.01. The van der Waals surface area contributed by atoms with Crippen molar-refractivity contribution in [3.05, 3.63) is 16.5 Å². The van der Waals surface area contributed by atoms with E-state index in [4.69, 9.17) is 16.3 Å². The highest BCUT2D eigenvalue weighted by molar-refractivity contribution is 6.32. The second-order valence-corrected chi connectivity index (χ2v) is 5.29. The molecule has 0 atom stereocenters. The van der Waals surface area contributed by atoms with Gasteiger partial charge in [0.25, 0.3) is 0 Å². The van der Waals surface area contributed by atoms with Crippen LogP contribution in [0.25, 0.3) is 0 Å². The summed E-state index contributed by atoms with van der Waals surface area (Å²) in [7, 11) is 0. The predicted molar refractivity (Wildman–Crippen MR) is 69.4 cm³/mol. The molecular weight excluding hydrogens is 254 g/mol. The number of aryl methyl sites for hydroxylation is 1. The van der Waals surface area contributed by atoms with Crippen LogP contribution in [0, 0.1) is 6.92 Å². The van der Waals surface area contributed by atoms with Gasteiger partial charge in [-0.05, 0) is 20.8 Å². The number of halogens is 1. The molecule has 1 aromatic heterocycles. The maximum Gasteiger partial charge on any atom is 0.156 e. The molecule has 2 rings (SSSR count). The van der Waals surface area contributed by atoms with Crippen molar-refractivity contribution in [3.63, 3.8) is 0 Å². The van der Waals surface area contributed by atoms with Gasteiger partial charge in [-0.1, -0.05) is 11.6 Å². The first-order valence-electron chi connectivity index (χ1n) is 5.80. The number of aromatic nitrogens is 2. The summed E-state index contributed by atoms with van der Waals surface area (Å²) in [6.45, 7) is 7.74. The first-order chi connectivity index (χ1) is 8.45. The molecule has 1 aliphatic heterocycles. The summed E-state index contributed by atoms with van der Waals surface area (Å²) >= 11 is 6.01. The van der Waals surface area contributed by atoms with E-state index >= 15 is 0 Å². The number of anilines is 1. The normalized spacial score (nSPS) is 18.8. The molecule has 1 aliphatic rings. The summed E-state index contributed by atoms with van der Waals surface area (Å²) in [5, 5.41) is 0.204. The van der Waals surface area contributed by atoms with Crippen LogP contribution in [-0.2, 0) is 4.74 Å². The third-order valence-corrected chi connectivity index (χ3v) is 3.30. The Bertz CT molecular complexity index is 477. The van der Waals surface area contributed by atoms with Gasteiger partial charge in [-0.2, -0.15) is 0 Å². The van der Waals surface area contributed by atoms with Crippen LogP contribution in [0.15, 0.2) is 0 Å². The molecule has 5 nitrogen and oxygen atoms in total. The van der Waals surface area contributed by atoms with Gasteiger partial charge in [0.2, 0.25) is 0 Å². The van der Waals surface area contributed by atoms with Crippen molar-refractivity contribution in [1.82, 2.24) is 9.97 Å². The average Bonchev–Trinajstić information content (AvgIpc) is 2.27. The van der Waals surface area contributed by atoms with Gasteiger partial charge < -0.3 is 9.64 Å². The van der Waals surface area contributed by atoms with E-state index < -0.39 is 0 Å². The zero-order valence-electron chi connectivity index (χ0n) is 10.7. The highest BCUT2D eigenvalue weighted by atomic mass is 35.5. The van der Waals surface area contributed by atoms with Crippen LogP contribution >= 0.6 is 11.6 Å². The Balaban J connectivity index is 2.52. The first kappa shape index (κ1) is 13.2. The minimum absolute atomic E-state index is 0.204. The Morgan fingerprint density at radius 3 is 2.78 bits per heavy atom. The number of ether oxygens (including phenoxy) is 1. The van der Waals surface area contributed by atoms with Gasteiger partial charge in [0, 0.05) is 6.54 Å². The Morgan fingerprint density at radius 1 is 1.44 bits per heavy atom. The van der Waals surface area contributed by atoms with Gasteiger partial charge >= 0.3 is 0 Å². The quantitative estimate of drug-likeness (QED) is 0.606. The lowest BCUT2D eigenvalue weighted by Crippen LogP contribution is -2.54. The van der Waals surface area contributed by atoms with Crippen LogP contribution in [0.2, 0.25) is 5.15 Å². The van der Waals surface area contributed by atoms with E-state index in [1.54, 1.807) is 6.92 Å². The van der Waals surface area contributed by atoms with Gasteiger partial charge in [-0.15, -0.1) is 0 Å². The van der Waals surface area contributed by atoms with Crippen LogP contribution in [0.3, 0.4) is 0 Å². The molecule has 1 fully saturated rings. The number of hydrogen-bond acceptors (Lipinski definition) is 5. The SMILES string of the molecule is Cc1nc(Cl)c(C=O)c(N2CCOCC2(C)C)n1. The van der Waals surface area contributed by atoms with E-state index in [-0.39, 0.29) is 10.7 Å². The molecular formula is C12H16ClN3O2. The molecule has 1 saturated heterocycles. The standard InChI is InChI=1S/C12H16ClN3O2/c1-8-14-10(13)9(6-17)11(15-8)16-4-5-18-7-12(16,2)3/h6H,4-5,7H2,1-3H3. The number of carbonyl (C=O) groups is 1. The molecule has 0 saturated carbocycles. The van der Waals surface area contributed by atoms with Crippen molar-refractivity contribution in [2.45, 2.75) is 26.3 Å². The number of morpholine rings is 1. The van der Waals surface area contributed by atoms with Crippen molar-refractivity contribution in [2.75, 3.05) is 24.7 Å². The zero-order chi connectivity index (χ0) is 13.3. The molecule has 0 aromatic carbocycles. The van der Waals surface area contributed by atoms with Crippen molar-refractivity contribution in [3.8, 4) is 0 Å². The highest BCUT2D eigenvalue weighted by Gasteiger charge is 2.33. The molecule has 0 N–H and O–H groups in total. The summed E-state index contributed by atoms with van der Waals surface area (Å²) in [6, 6.07) is 0. The zero-order valence-corrected chi connectivity index (χ0v) is 11.5. The minimum atomic E-state index is -0.222. The van der Waals surface area contributed by atoms with Crippen molar-refractivity contribution in [2.24, 2.45) is 0 Å². The highest BCUT2D eigenvalue weighted by Crippen LogP contribution is 2.30. The maximum atomic E-state index is 11.2. The second kappa shape index (κ2) is 4.82. The van der Waals surface area contributed by atoms with Crippen LogP contribution in [0.5, 0.6) is 0 Å². The lowest BCUT2D eigenvalue weighted by atomic mass is 10.0. The van der Waals surface area contributed by atoms with Gasteiger partial charge in [0.05, 0.1) is 24.3 Å². The molecule has 0 radical (unpaired) electrons. The Labute approximate surface area is 111 Å². The Morgan fingerprint density at radius 2 is 2.17 bits per heavy atom. The van der Waals surface area contributed by atoms with E-state index in [1.165, 1.54) is 0 Å². The Kier molecular flexibility index (Phi) is 3.54. The monoisotopic (exact) mass is 269 g/mol. The Hall–Kier alpha value is -1.20. The van der Waals surface area contributed by atoms with Crippen LogP contribution < -0.4 is 4.90 Å². The molecule has 6 heteroatoms. The van der Waals surface area contributed by atoms with E-state index in [0.29, 0.717) is 43.3 Å². The minimum Gasteiger partial charge on any atom is -0.377 e. The van der Waals surface area contributed by atoms with Gasteiger partial charge in [0.15, 0.2) is 6.29 Å². The molecule has 18 heavy (non-hydrogen) atoms. The lowest BCUT2D eigenvalue weighted by molar-refractivity contribution is 0.0637. The van der Waals surface area contributed by atoms with Crippen molar-refractivity contribution in [1.29, 1.82) is 0 Å². The smallest absolute Gasteiger partial charge is 0.156 e. The molecule has 0 aliphatic carbocycles. The molecule has 0 bridgehead atoms. The van der Waals surface area contributed by atoms with Gasteiger partial charge in [-0.3, -0.25) is 4.79 Å². The number of aldehydes is 1. The number of hydrogen-bond donors (Lipinski definition) is 0. The number of nitrogens with zero attached hydrogens (tertiary/aromatic N) is 3. The van der Waals surface area contributed by atoms with Crippen LogP contribution in [0.4, 0.5) is 5.82 Å². The first-order valence-corrected chi connectivity index (χ1v) is 6.18. The molecule has 2 heterocycles. The summed E-state index contributed by atoms with van der Waals surface area (Å²) in [6.07, 6.45) is 0.711. The summed E-state index contributed by atoms with van der Waals surface area (Å²) in [5.41, 5.74) is 0.123. The summed E-state index contributed by atoms with van der Waals surface area (Å²) < 4.78 is 5.46. The third kappa shape index (κ3) is 2.33. The maximum absolute atomic E-state index is 11.2. The van der Waals surface area contributed by atoms with E-state index in [1.807, 2.05) is 13.8 Å². The van der Waals surface area contributed by atoms with Crippen LogP contribution in [0.1, 0.15) is 30.0 Å². The molecule has 0 unspecified atom stereocenters. The van der Waals surface area contributed by atoms with Gasteiger partial charge in [0.1, 0.15) is 16.8 Å². The fourth-order valence-electron chi connectivity index (χ4n) is 2.09. The number of carbonyl (C=O) groups excluding carboxylic acids is 1. The molecule has 0 amide bonds. The summed E-state index contributed by atoms with van der Waals surface area (Å²) in [4.78, 5) is 21.6. The lowest BCUT2D eigenvalue weighted by Gasteiger charge is -2.43.